The number of carbonyl (C=O) groups excluding carboxylic acids is 1. The lowest BCUT2D eigenvalue weighted by atomic mass is 9.72. The molecule has 0 unspecified atom stereocenters. The first-order valence-electron chi connectivity index (χ1n) is 6.89. The van der Waals surface area contributed by atoms with Crippen molar-refractivity contribution < 1.29 is 4.79 Å². The number of nitrogens with one attached hydrogen (secondary N) is 1. The van der Waals surface area contributed by atoms with Gasteiger partial charge in [-0.05, 0) is 37.2 Å². The molecule has 0 spiro atoms. The van der Waals surface area contributed by atoms with Crippen LogP contribution in [0.15, 0.2) is 23.3 Å². The van der Waals surface area contributed by atoms with E-state index >= 15 is 0 Å². The number of nitrogens with zero attached hydrogens (tertiary/aromatic N) is 1. The molecule has 2 aliphatic rings. The molecule has 1 N–H and O–H groups in total. The Kier molecular flexibility index (Phi) is 3.91. The molecule has 0 aromatic heterocycles. The van der Waals surface area contributed by atoms with Crippen molar-refractivity contribution in [1.82, 2.24) is 10.2 Å². The molecule has 0 atom stereocenters. The van der Waals surface area contributed by atoms with Crippen LogP contribution in [0.25, 0.3) is 0 Å². The van der Waals surface area contributed by atoms with Gasteiger partial charge in [-0.25, -0.2) is 0 Å². The first kappa shape index (κ1) is 13.3. The lowest BCUT2D eigenvalue weighted by Gasteiger charge is -2.32. The van der Waals surface area contributed by atoms with Crippen molar-refractivity contribution >= 4 is 5.91 Å². The van der Waals surface area contributed by atoms with Crippen molar-refractivity contribution in [2.24, 2.45) is 5.41 Å². The Hall–Kier alpha value is -1.09. The van der Waals surface area contributed by atoms with E-state index in [1.54, 1.807) is 6.08 Å². The number of hydrogen-bond acceptors (Lipinski definition) is 2. The van der Waals surface area contributed by atoms with Crippen LogP contribution < -0.4 is 5.32 Å². The fraction of sp³-hybridized carbons (Fsp3) is 0.667. The van der Waals surface area contributed by atoms with Gasteiger partial charge in [0.05, 0.1) is 6.67 Å². The number of allylic oxidation sites excluding steroid dienone is 3. The smallest absolute Gasteiger partial charge is 0.247 e. The van der Waals surface area contributed by atoms with Gasteiger partial charge in [-0.15, -0.1) is 0 Å². The highest BCUT2D eigenvalue weighted by molar-refractivity contribution is 5.88. The van der Waals surface area contributed by atoms with Crippen molar-refractivity contribution in [3.63, 3.8) is 0 Å². The molecule has 18 heavy (non-hydrogen) atoms. The summed E-state index contributed by atoms with van der Waals surface area (Å²) in [5.74, 6) is 0.127. The molecule has 1 aliphatic carbocycles. The van der Waals surface area contributed by atoms with Crippen molar-refractivity contribution in [2.75, 3.05) is 19.8 Å². The molecular formula is C15H24N2O. The van der Waals surface area contributed by atoms with Crippen molar-refractivity contribution in [3.05, 3.63) is 23.3 Å². The maximum atomic E-state index is 12.0. The fourth-order valence-corrected chi connectivity index (χ4v) is 2.97. The van der Waals surface area contributed by atoms with Crippen molar-refractivity contribution in [1.29, 1.82) is 0 Å². The van der Waals surface area contributed by atoms with Crippen LogP contribution in [0.4, 0.5) is 0 Å². The van der Waals surface area contributed by atoms with Gasteiger partial charge in [0.2, 0.25) is 5.91 Å². The summed E-state index contributed by atoms with van der Waals surface area (Å²) in [6, 6.07) is 0. The summed E-state index contributed by atoms with van der Waals surface area (Å²) < 4.78 is 0. The van der Waals surface area contributed by atoms with Gasteiger partial charge in [0, 0.05) is 19.2 Å². The Labute approximate surface area is 110 Å². The third-order valence-corrected chi connectivity index (χ3v) is 4.11. The van der Waals surface area contributed by atoms with Gasteiger partial charge in [-0.1, -0.05) is 25.5 Å². The van der Waals surface area contributed by atoms with Crippen LogP contribution in [0.3, 0.4) is 0 Å². The van der Waals surface area contributed by atoms with Gasteiger partial charge in [-0.2, -0.15) is 0 Å². The predicted octanol–water partition coefficient (Wildman–Crippen LogP) is 2.46. The molecule has 0 bridgehead atoms. The largest absolute Gasteiger partial charge is 0.325 e. The summed E-state index contributed by atoms with van der Waals surface area (Å²) >= 11 is 0. The molecule has 1 aliphatic heterocycles. The van der Waals surface area contributed by atoms with Crippen LogP contribution in [0.1, 0.15) is 40.0 Å². The lowest BCUT2D eigenvalue weighted by Crippen LogP contribution is -2.28. The summed E-state index contributed by atoms with van der Waals surface area (Å²) in [4.78, 5) is 13.8. The van der Waals surface area contributed by atoms with E-state index < -0.39 is 0 Å². The number of hydrogen-bond donors (Lipinski definition) is 1. The van der Waals surface area contributed by atoms with E-state index in [9.17, 15) is 4.79 Å². The van der Waals surface area contributed by atoms with Crippen molar-refractivity contribution in [3.8, 4) is 0 Å². The summed E-state index contributed by atoms with van der Waals surface area (Å²) in [5.41, 5.74) is 3.01. The maximum Gasteiger partial charge on any atom is 0.247 e. The summed E-state index contributed by atoms with van der Waals surface area (Å²) in [6.07, 6.45) is 7.44. The van der Waals surface area contributed by atoms with Gasteiger partial charge in [0.15, 0.2) is 0 Å². The summed E-state index contributed by atoms with van der Waals surface area (Å²) in [5, 5.41) is 3.18. The Balaban J connectivity index is 2.09. The number of amides is 1. The van der Waals surface area contributed by atoms with E-state index in [2.05, 4.69) is 32.2 Å². The van der Waals surface area contributed by atoms with Crippen LogP contribution in [0.5, 0.6) is 0 Å². The highest BCUT2D eigenvalue weighted by Gasteiger charge is 2.27. The molecule has 1 saturated heterocycles. The molecular weight excluding hydrogens is 224 g/mol. The highest BCUT2D eigenvalue weighted by Crippen LogP contribution is 2.40. The molecule has 0 radical (unpaired) electrons. The van der Waals surface area contributed by atoms with Gasteiger partial charge in [0.1, 0.15) is 0 Å². The number of carbonyl (C=O) groups is 1. The second-order valence-corrected chi connectivity index (χ2v) is 6.02. The van der Waals surface area contributed by atoms with Crippen molar-refractivity contribution in [2.45, 2.75) is 40.0 Å². The van der Waals surface area contributed by atoms with Crippen LogP contribution in [0.2, 0.25) is 0 Å². The van der Waals surface area contributed by atoms with Gasteiger partial charge >= 0.3 is 0 Å². The Morgan fingerprint density at radius 3 is 2.83 bits per heavy atom. The average Bonchev–Trinajstić information content (AvgIpc) is 2.80. The zero-order chi connectivity index (χ0) is 13.2. The van der Waals surface area contributed by atoms with Gasteiger partial charge in [-0.3, -0.25) is 10.1 Å². The van der Waals surface area contributed by atoms with Gasteiger partial charge in [0.25, 0.3) is 0 Å². The van der Waals surface area contributed by atoms with E-state index in [1.165, 1.54) is 30.4 Å². The van der Waals surface area contributed by atoms with Crippen LogP contribution in [-0.2, 0) is 4.79 Å². The molecule has 1 amide bonds. The number of rotatable bonds is 2. The van der Waals surface area contributed by atoms with Crippen LogP contribution >= 0.6 is 0 Å². The predicted molar refractivity (Wildman–Crippen MR) is 74.1 cm³/mol. The minimum atomic E-state index is 0.127. The molecule has 1 fully saturated rings. The first-order valence-corrected chi connectivity index (χ1v) is 6.89. The highest BCUT2D eigenvalue weighted by atomic mass is 16.2. The third kappa shape index (κ3) is 2.83. The quantitative estimate of drug-likeness (QED) is 0.761. The third-order valence-electron chi connectivity index (χ3n) is 4.11. The summed E-state index contributed by atoms with van der Waals surface area (Å²) in [7, 11) is 0. The van der Waals surface area contributed by atoms with E-state index in [4.69, 9.17) is 0 Å². The maximum absolute atomic E-state index is 12.0. The molecule has 3 heteroatoms. The Morgan fingerprint density at radius 1 is 1.44 bits per heavy atom. The standard InChI is InChI=1S/C15H24N2O/c1-12-5-4-8-15(2,3)13(12)6-7-14(18)17-10-9-16-11-17/h6-7,16H,4-5,8-11H2,1-3H3/b7-6+. The van der Waals surface area contributed by atoms with Gasteiger partial charge < -0.3 is 4.90 Å². The minimum Gasteiger partial charge on any atom is -0.325 e. The zero-order valence-corrected chi connectivity index (χ0v) is 11.8. The van der Waals surface area contributed by atoms with E-state index in [0.29, 0.717) is 6.67 Å². The molecule has 100 valence electrons. The van der Waals surface area contributed by atoms with Crippen LogP contribution in [-0.4, -0.2) is 30.6 Å². The monoisotopic (exact) mass is 248 g/mol. The molecule has 3 nitrogen and oxygen atoms in total. The van der Waals surface area contributed by atoms with Crippen LogP contribution in [0, 0.1) is 5.41 Å². The molecule has 0 saturated carbocycles. The average molecular weight is 248 g/mol. The second-order valence-electron chi connectivity index (χ2n) is 6.02. The molecule has 2 rings (SSSR count). The van der Waals surface area contributed by atoms with E-state index in [-0.39, 0.29) is 11.3 Å². The SMILES string of the molecule is CC1=C(/C=C/C(=O)N2CCNC2)C(C)(C)CCC1. The normalized spacial score (nSPS) is 24.1. The molecule has 1 heterocycles. The summed E-state index contributed by atoms with van der Waals surface area (Å²) in [6.45, 7) is 9.17. The zero-order valence-electron chi connectivity index (χ0n) is 11.8. The lowest BCUT2D eigenvalue weighted by molar-refractivity contribution is -0.125. The minimum absolute atomic E-state index is 0.127. The van der Waals surface area contributed by atoms with E-state index in [1.807, 2.05) is 4.90 Å². The first-order chi connectivity index (χ1) is 8.50. The fourth-order valence-electron chi connectivity index (χ4n) is 2.97. The molecule has 0 aromatic rings. The molecule has 0 aromatic carbocycles. The Bertz CT molecular complexity index is 387. The van der Waals surface area contributed by atoms with E-state index in [0.717, 1.165) is 13.1 Å². The second kappa shape index (κ2) is 5.27. The topological polar surface area (TPSA) is 32.3 Å². The Morgan fingerprint density at radius 2 is 2.22 bits per heavy atom.